The van der Waals surface area contributed by atoms with Crippen LogP contribution in [0.25, 0.3) is 11.5 Å². The quantitative estimate of drug-likeness (QED) is 0.556. The molecular formula is C26H26N4O6. The van der Waals surface area contributed by atoms with Crippen LogP contribution in [0.3, 0.4) is 0 Å². The molecule has 2 atom stereocenters. The van der Waals surface area contributed by atoms with Crippen LogP contribution in [-0.2, 0) is 11.3 Å². The second-order valence-electron chi connectivity index (χ2n) is 8.78. The van der Waals surface area contributed by atoms with E-state index in [4.69, 9.17) is 23.4 Å². The van der Waals surface area contributed by atoms with Gasteiger partial charge in [-0.2, -0.15) is 0 Å². The highest BCUT2D eigenvalue weighted by Gasteiger charge is 2.40. The van der Waals surface area contributed by atoms with Gasteiger partial charge in [0.15, 0.2) is 23.0 Å². The third-order valence-corrected chi connectivity index (χ3v) is 6.72. The van der Waals surface area contributed by atoms with Crippen LogP contribution in [0.15, 0.2) is 53.2 Å². The van der Waals surface area contributed by atoms with Crippen molar-refractivity contribution in [1.29, 1.82) is 0 Å². The fraction of sp³-hybridized carbons (Fsp3) is 0.308. The molecule has 10 heteroatoms. The lowest BCUT2D eigenvalue weighted by atomic mass is 10.0. The Hall–Kier alpha value is -4.18. The summed E-state index contributed by atoms with van der Waals surface area (Å²) in [6.45, 7) is 2.38. The van der Waals surface area contributed by atoms with E-state index in [-0.39, 0.29) is 24.8 Å². The Labute approximate surface area is 208 Å². The van der Waals surface area contributed by atoms with Gasteiger partial charge in [-0.25, -0.2) is 10.4 Å². The van der Waals surface area contributed by atoms with Gasteiger partial charge >= 0.3 is 0 Å². The van der Waals surface area contributed by atoms with Gasteiger partial charge in [0.1, 0.15) is 17.5 Å². The molecular weight excluding hydrogens is 464 g/mol. The first-order chi connectivity index (χ1) is 17.6. The number of nitrogens with one attached hydrogen (secondary N) is 1. The molecule has 3 aliphatic rings. The molecule has 4 heterocycles. The van der Waals surface area contributed by atoms with E-state index >= 15 is 0 Å². The number of benzene rings is 2. The molecule has 1 saturated heterocycles. The summed E-state index contributed by atoms with van der Waals surface area (Å²) in [6, 6.07) is 11.1. The van der Waals surface area contributed by atoms with Crippen molar-refractivity contribution in [1.82, 2.24) is 20.3 Å². The van der Waals surface area contributed by atoms with Crippen molar-refractivity contribution < 1.29 is 28.2 Å². The monoisotopic (exact) mass is 490 g/mol. The van der Waals surface area contributed by atoms with Crippen LogP contribution in [0, 0.1) is 6.92 Å². The van der Waals surface area contributed by atoms with Gasteiger partial charge in [0, 0.05) is 12.4 Å². The summed E-state index contributed by atoms with van der Waals surface area (Å²) in [5.41, 5.74) is 5.83. The molecule has 1 amide bonds. The number of aryl methyl sites for hydroxylation is 1. The minimum absolute atomic E-state index is 0.00356. The van der Waals surface area contributed by atoms with Crippen molar-refractivity contribution in [3.63, 3.8) is 0 Å². The molecule has 6 rings (SSSR count). The molecule has 0 bridgehead atoms. The van der Waals surface area contributed by atoms with Crippen molar-refractivity contribution in [2.24, 2.45) is 0 Å². The molecule has 3 aromatic rings. The van der Waals surface area contributed by atoms with Gasteiger partial charge in [-0.15, -0.1) is 0 Å². The van der Waals surface area contributed by atoms with Crippen molar-refractivity contribution in [2.75, 3.05) is 21.0 Å². The van der Waals surface area contributed by atoms with Crippen molar-refractivity contribution in [3.05, 3.63) is 65.8 Å². The molecule has 0 spiro atoms. The zero-order chi connectivity index (χ0) is 24.8. The molecule has 2 aromatic carbocycles. The molecule has 1 N–H and O–H groups in total. The second kappa shape index (κ2) is 8.80. The summed E-state index contributed by atoms with van der Waals surface area (Å²) in [7, 11) is 3.16. The number of nitrogens with zero attached hydrogens (tertiary/aromatic N) is 3. The summed E-state index contributed by atoms with van der Waals surface area (Å²) in [4.78, 5) is 19.8. The lowest BCUT2D eigenvalue weighted by molar-refractivity contribution is -0.135. The number of para-hydroxylation sites is 1. The van der Waals surface area contributed by atoms with Crippen LogP contribution in [-0.4, -0.2) is 47.9 Å². The number of ether oxygens (including phenoxy) is 4. The first-order valence-corrected chi connectivity index (χ1v) is 11.7. The highest BCUT2D eigenvalue weighted by atomic mass is 16.7. The van der Waals surface area contributed by atoms with Gasteiger partial charge in [0.25, 0.3) is 5.91 Å². The second-order valence-corrected chi connectivity index (χ2v) is 8.78. The fourth-order valence-electron chi connectivity index (χ4n) is 4.82. The van der Waals surface area contributed by atoms with E-state index in [1.165, 1.54) is 0 Å². The first-order valence-electron chi connectivity index (χ1n) is 11.7. The average molecular weight is 491 g/mol. The molecule has 2 unspecified atom stereocenters. The number of oxazole rings is 1. The molecule has 36 heavy (non-hydrogen) atoms. The van der Waals surface area contributed by atoms with Crippen LogP contribution in [0.4, 0.5) is 0 Å². The predicted octanol–water partition coefficient (Wildman–Crippen LogP) is 3.53. The topological polar surface area (TPSA) is 98.5 Å². The number of aromatic nitrogens is 1. The largest absolute Gasteiger partial charge is 0.493 e. The third-order valence-electron chi connectivity index (χ3n) is 6.72. The van der Waals surface area contributed by atoms with E-state index in [1.807, 2.05) is 54.5 Å². The Morgan fingerprint density at radius 1 is 1.11 bits per heavy atom. The van der Waals surface area contributed by atoms with Gasteiger partial charge < -0.3 is 33.3 Å². The Balaban J connectivity index is 1.19. The van der Waals surface area contributed by atoms with E-state index in [0.29, 0.717) is 47.4 Å². The standard InChI is InChI=1S/C26H26N4O6/c1-15-19(27-25(36-15)17-5-4-6-22(32-2)24(17)33-3)13-29-9-10-30-20(26(29)31)12-18(28-30)16-7-8-21-23(11-16)35-14-34-21/h4-11,18,20,28H,12-14H2,1-3H3. The lowest BCUT2D eigenvalue weighted by Crippen LogP contribution is -2.47. The number of fused-ring (bicyclic) bond motifs is 2. The Kier molecular flexibility index (Phi) is 5.45. The Morgan fingerprint density at radius 2 is 1.97 bits per heavy atom. The highest BCUT2D eigenvalue weighted by Crippen LogP contribution is 2.39. The molecule has 186 valence electrons. The lowest BCUT2D eigenvalue weighted by Gasteiger charge is -2.31. The molecule has 0 radical (unpaired) electrons. The summed E-state index contributed by atoms with van der Waals surface area (Å²) in [6.07, 6.45) is 4.29. The van der Waals surface area contributed by atoms with Gasteiger partial charge in [-0.1, -0.05) is 12.1 Å². The highest BCUT2D eigenvalue weighted by molar-refractivity contribution is 5.84. The van der Waals surface area contributed by atoms with E-state index in [1.54, 1.807) is 25.3 Å². The Bertz CT molecular complexity index is 1350. The maximum Gasteiger partial charge on any atom is 0.251 e. The maximum absolute atomic E-state index is 13.4. The SMILES string of the molecule is COc1cccc(-c2nc(CN3C=CN4NC(c5ccc6c(c5)OCO6)CC4C3=O)c(C)o2)c1OC. The van der Waals surface area contributed by atoms with E-state index < -0.39 is 0 Å². The summed E-state index contributed by atoms with van der Waals surface area (Å²) >= 11 is 0. The number of hydrazine groups is 1. The minimum Gasteiger partial charge on any atom is -0.493 e. The minimum atomic E-state index is -0.324. The number of methoxy groups -OCH3 is 2. The number of hydrogen-bond acceptors (Lipinski definition) is 9. The van der Waals surface area contributed by atoms with Gasteiger partial charge in [-0.3, -0.25) is 4.79 Å². The third kappa shape index (κ3) is 3.70. The van der Waals surface area contributed by atoms with Crippen molar-refractivity contribution in [2.45, 2.75) is 32.0 Å². The summed E-state index contributed by atoms with van der Waals surface area (Å²) in [5, 5.41) is 1.87. The van der Waals surface area contributed by atoms with Crippen LogP contribution in [0.1, 0.15) is 29.5 Å². The molecule has 1 aromatic heterocycles. The number of carbonyl (C=O) groups is 1. The zero-order valence-corrected chi connectivity index (χ0v) is 20.2. The van der Waals surface area contributed by atoms with E-state index in [0.717, 1.165) is 17.1 Å². The number of amides is 1. The van der Waals surface area contributed by atoms with Crippen molar-refractivity contribution >= 4 is 5.91 Å². The number of carbonyl (C=O) groups excluding carboxylic acids is 1. The molecule has 0 saturated carbocycles. The molecule has 0 aliphatic carbocycles. The van der Waals surface area contributed by atoms with Gasteiger partial charge in [0.05, 0.1) is 32.4 Å². The fourth-order valence-corrected chi connectivity index (χ4v) is 4.82. The van der Waals surface area contributed by atoms with E-state index in [2.05, 4.69) is 10.4 Å². The average Bonchev–Trinajstić information content (AvgIpc) is 3.63. The van der Waals surface area contributed by atoms with Crippen LogP contribution >= 0.6 is 0 Å². The molecule has 1 fully saturated rings. The summed E-state index contributed by atoms with van der Waals surface area (Å²) in [5.74, 6) is 3.66. The van der Waals surface area contributed by atoms with Crippen LogP contribution < -0.4 is 24.4 Å². The Morgan fingerprint density at radius 3 is 2.81 bits per heavy atom. The number of rotatable bonds is 6. The smallest absolute Gasteiger partial charge is 0.251 e. The summed E-state index contributed by atoms with van der Waals surface area (Å²) < 4.78 is 27.8. The van der Waals surface area contributed by atoms with Crippen molar-refractivity contribution in [3.8, 4) is 34.5 Å². The van der Waals surface area contributed by atoms with Gasteiger partial charge in [-0.05, 0) is 43.2 Å². The van der Waals surface area contributed by atoms with E-state index in [9.17, 15) is 4.79 Å². The first kappa shape index (κ1) is 22.3. The normalized spacial score (nSPS) is 20.1. The van der Waals surface area contributed by atoms with Crippen LogP contribution in [0.2, 0.25) is 0 Å². The maximum atomic E-state index is 13.4. The van der Waals surface area contributed by atoms with Crippen LogP contribution in [0.5, 0.6) is 23.0 Å². The molecule has 3 aliphatic heterocycles. The molecule has 10 nitrogen and oxygen atoms in total. The zero-order valence-electron chi connectivity index (χ0n) is 20.2. The van der Waals surface area contributed by atoms with Gasteiger partial charge in [0.2, 0.25) is 12.7 Å². The predicted molar refractivity (Wildman–Crippen MR) is 128 cm³/mol. The number of hydrogen-bond donors (Lipinski definition) is 1.